The van der Waals surface area contributed by atoms with Crippen LogP contribution in [0.5, 0.6) is 11.5 Å². The number of methoxy groups -OCH3 is 1. The van der Waals surface area contributed by atoms with E-state index in [0.717, 1.165) is 27.6 Å². The number of hydrogen-bond donors (Lipinski definition) is 1. The average molecular weight is 354 g/mol. The molecule has 0 spiro atoms. The average Bonchev–Trinajstić information content (AvgIpc) is 3.16. The van der Waals surface area contributed by atoms with Gasteiger partial charge >= 0.3 is 0 Å². The third-order valence-electron chi connectivity index (χ3n) is 4.02. The Labute approximate surface area is 152 Å². The minimum absolute atomic E-state index is 0.245. The molecule has 0 amide bonds. The summed E-state index contributed by atoms with van der Waals surface area (Å²) in [5, 5.41) is 6.36. The van der Waals surface area contributed by atoms with Gasteiger partial charge in [0.15, 0.2) is 11.5 Å². The monoisotopic (exact) mass is 354 g/mol. The van der Waals surface area contributed by atoms with Crippen molar-refractivity contribution in [2.45, 2.75) is 19.6 Å². The lowest BCUT2D eigenvalue weighted by Crippen LogP contribution is -2.11. The maximum atomic E-state index is 5.91. The fraction of sp³-hybridized carbons (Fsp3) is 0.250. The van der Waals surface area contributed by atoms with Gasteiger partial charge < -0.3 is 14.8 Å². The predicted octanol–water partition coefficient (Wildman–Crippen LogP) is 4.68. The van der Waals surface area contributed by atoms with E-state index >= 15 is 0 Å². The molecule has 3 aromatic rings. The minimum atomic E-state index is 0.245. The third-order valence-corrected chi connectivity index (χ3v) is 5.05. The van der Waals surface area contributed by atoms with Gasteiger partial charge in [-0.3, -0.25) is 0 Å². The maximum Gasteiger partial charge on any atom is 0.161 e. The normalized spacial score (nSPS) is 12.0. The van der Waals surface area contributed by atoms with Gasteiger partial charge in [0.1, 0.15) is 11.6 Å². The van der Waals surface area contributed by atoms with E-state index in [1.54, 1.807) is 18.4 Å². The van der Waals surface area contributed by atoms with Crippen LogP contribution in [-0.2, 0) is 6.61 Å². The van der Waals surface area contributed by atoms with E-state index in [-0.39, 0.29) is 6.04 Å². The molecule has 0 bridgehead atoms. The number of hydrogen-bond acceptors (Lipinski definition) is 5. The van der Waals surface area contributed by atoms with Gasteiger partial charge in [-0.25, -0.2) is 4.98 Å². The molecular weight excluding hydrogens is 332 g/mol. The summed E-state index contributed by atoms with van der Waals surface area (Å²) in [4.78, 5) is 4.71. The lowest BCUT2D eigenvalue weighted by atomic mass is 10.1. The van der Waals surface area contributed by atoms with Crippen molar-refractivity contribution in [2.75, 3.05) is 14.2 Å². The number of nitrogens with zero attached hydrogens (tertiary/aromatic N) is 1. The second kappa shape index (κ2) is 8.14. The zero-order chi connectivity index (χ0) is 17.6. The smallest absolute Gasteiger partial charge is 0.161 e. The lowest BCUT2D eigenvalue weighted by molar-refractivity contribution is 0.284. The Morgan fingerprint density at radius 1 is 1.12 bits per heavy atom. The number of rotatable bonds is 7. The van der Waals surface area contributed by atoms with Gasteiger partial charge in [-0.2, -0.15) is 0 Å². The first-order chi connectivity index (χ1) is 12.2. The number of ether oxygens (including phenoxy) is 2. The van der Waals surface area contributed by atoms with Crippen LogP contribution >= 0.6 is 11.3 Å². The SMILES string of the molecule is CNC(C)c1nc(-c2ccc(OCc3ccccc3)c(OC)c2)cs1. The second-order valence-electron chi connectivity index (χ2n) is 5.72. The van der Waals surface area contributed by atoms with Crippen molar-refractivity contribution in [3.05, 3.63) is 64.5 Å². The van der Waals surface area contributed by atoms with E-state index in [2.05, 4.69) is 17.6 Å². The molecule has 1 heterocycles. The number of nitrogens with one attached hydrogen (secondary N) is 1. The predicted molar refractivity (Wildman–Crippen MR) is 102 cm³/mol. The lowest BCUT2D eigenvalue weighted by Gasteiger charge is -2.12. The summed E-state index contributed by atoms with van der Waals surface area (Å²) < 4.78 is 11.4. The first kappa shape index (κ1) is 17.5. The zero-order valence-corrected chi connectivity index (χ0v) is 15.5. The van der Waals surface area contributed by atoms with Crippen molar-refractivity contribution < 1.29 is 9.47 Å². The summed E-state index contributed by atoms with van der Waals surface area (Å²) in [5.41, 5.74) is 3.10. The van der Waals surface area contributed by atoms with Crippen molar-refractivity contribution in [1.29, 1.82) is 0 Å². The van der Waals surface area contributed by atoms with Gasteiger partial charge in [0.2, 0.25) is 0 Å². The van der Waals surface area contributed by atoms with Crippen LogP contribution in [0.2, 0.25) is 0 Å². The summed E-state index contributed by atoms with van der Waals surface area (Å²) in [6.45, 7) is 2.61. The fourth-order valence-electron chi connectivity index (χ4n) is 2.42. The van der Waals surface area contributed by atoms with E-state index in [4.69, 9.17) is 14.5 Å². The summed E-state index contributed by atoms with van der Waals surface area (Å²) in [7, 11) is 3.59. The van der Waals surface area contributed by atoms with Crippen LogP contribution in [-0.4, -0.2) is 19.1 Å². The van der Waals surface area contributed by atoms with Gasteiger partial charge in [-0.15, -0.1) is 11.3 Å². The molecule has 0 aliphatic carbocycles. The second-order valence-corrected chi connectivity index (χ2v) is 6.61. The van der Waals surface area contributed by atoms with Crippen molar-refractivity contribution >= 4 is 11.3 Å². The van der Waals surface area contributed by atoms with E-state index in [1.165, 1.54) is 0 Å². The van der Waals surface area contributed by atoms with Crippen LogP contribution in [0, 0.1) is 0 Å². The minimum Gasteiger partial charge on any atom is -0.493 e. The molecule has 5 heteroatoms. The van der Waals surface area contributed by atoms with E-state index in [0.29, 0.717) is 12.4 Å². The number of benzene rings is 2. The maximum absolute atomic E-state index is 5.91. The van der Waals surface area contributed by atoms with E-state index < -0.39 is 0 Å². The molecule has 0 saturated carbocycles. The van der Waals surface area contributed by atoms with E-state index in [1.807, 2.05) is 55.6 Å². The Hall–Kier alpha value is -2.37. The quantitative estimate of drug-likeness (QED) is 0.669. The third kappa shape index (κ3) is 4.18. The highest BCUT2D eigenvalue weighted by atomic mass is 32.1. The highest BCUT2D eigenvalue weighted by molar-refractivity contribution is 7.10. The molecule has 0 aliphatic rings. The summed E-state index contributed by atoms with van der Waals surface area (Å²) in [6, 6.07) is 16.3. The molecule has 4 nitrogen and oxygen atoms in total. The van der Waals surface area contributed by atoms with Crippen molar-refractivity contribution in [3.8, 4) is 22.8 Å². The molecule has 0 saturated heterocycles. The van der Waals surface area contributed by atoms with Crippen LogP contribution in [0.4, 0.5) is 0 Å². The molecule has 2 aromatic carbocycles. The molecule has 3 rings (SSSR count). The molecule has 1 atom stereocenters. The first-order valence-corrected chi connectivity index (χ1v) is 9.07. The Morgan fingerprint density at radius 2 is 1.92 bits per heavy atom. The Kier molecular flexibility index (Phi) is 5.68. The molecule has 130 valence electrons. The van der Waals surface area contributed by atoms with Crippen molar-refractivity contribution in [2.24, 2.45) is 0 Å². The molecule has 1 aromatic heterocycles. The Morgan fingerprint density at radius 3 is 2.64 bits per heavy atom. The highest BCUT2D eigenvalue weighted by Crippen LogP contribution is 2.34. The number of aromatic nitrogens is 1. The molecular formula is C20H22N2O2S. The standard InChI is InChI=1S/C20H22N2O2S/c1-14(21-2)20-22-17(13-25-20)16-9-10-18(19(11-16)23-3)24-12-15-7-5-4-6-8-15/h4-11,13-14,21H,12H2,1-3H3. The van der Waals surface area contributed by atoms with Gasteiger partial charge in [0.25, 0.3) is 0 Å². The summed E-state index contributed by atoms with van der Waals surface area (Å²) >= 11 is 1.66. The molecule has 1 unspecified atom stereocenters. The van der Waals surface area contributed by atoms with Gasteiger partial charge in [-0.1, -0.05) is 30.3 Å². The van der Waals surface area contributed by atoms with Crippen LogP contribution in [0.25, 0.3) is 11.3 Å². The van der Waals surface area contributed by atoms with Crippen LogP contribution < -0.4 is 14.8 Å². The Balaban J connectivity index is 1.78. The van der Waals surface area contributed by atoms with Gasteiger partial charge in [0, 0.05) is 10.9 Å². The topological polar surface area (TPSA) is 43.4 Å². The van der Waals surface area contributed by atoms with Crippen molar-refractivity contribution in [3.63, 3.8) is 0 Å². The number of thiazole rings is 1. The van der Waals surface area contributed by atoms with Crippen LogP contribution in [0.15, 0.2) is 53.9 Å². The molecule has 0 fully saturated rings. The first-order valence-electron chi connectivity index (χ1n) is 8.19. The van der Waals surface area contributed by atoms with Gasteiger partial charge in [-0.05, 0) is 37.7 Å². The molecule has 1 N–H and O–H groups in total. The van der Waals surface area contributed by atoms with Gasteiger partial charge in [0.05, 0.1) is 18.8 Å². The molecule has 0 radical (unpaired) electrons. The van der Waals surface area contributed by atoms with E-state index in [9.17, 15) is 0 Å². The molecule has 0 aliphatic heterocycles. The van der Waals surface area contributed by atoms with Crippen molar-refractivity contribution in [1.82, 2.24) is 10.3 Å². The largest absolute Gasteiger partial charge is 0.493 e. The summed E-state index contributed by atoms with van der Waals surface area (Å²) in [6.07, 6.45) is 0. The highest BCUT2D eigenvalue weighted by Gasteiger charge is 2.12. The van der Waals surface area contributed by atoms with Crippen LogP contribution in [0.3, 0.4) is 0 Å². The fourth-order valence-corrected chi connectivity index (χ4v) is 3.32. The Bertz CT molecular complexity index is 818. The van der Waals surface area contributed by atoms with Crippen LogP contribution in [0.1, 0.15) is 23.5 Å². The molecule has 25 heavy (non-hydrogen) atoms. The zero-order valence-electron chi connectivity index (χ0n) is 14.7. The summed E-state index contributed by atoms with van der Waals surface area (Å²) in [5.74, 6) is 1.44.